The number of rotatable bonds is 0. The molecule has 3 rings (SSSR count). The van der Waals surface area contributed by atoms with Crippen molar-refractivity contribution in [3.8, 4) is 0 Å². The van der Waals surface area contributed by atoms with E-state index in [0.717, 1.165) is 0 Å². The first-order valence-electron chi connectivity index (χ1n) is 7.03. The van der Waals surface area contributed by atoms with E-state index in [1.165, 1.54) is 6.92 Å². The number of hydrogen-bond acceptors (Lipinski definition) is 6. The number of esters is 1. The number of carbonyl (C=O) groups is 1. The Labute approximate surface area is 122 Å². The number of aliphatic hydroxyl groups excluding tert-OH is 2. The van der Waals surface area contributed by atoms with Crippen molar-refractivity contribution in [3.63, 3.8) is 0 Å². The van der Waals surface area contributed by atoms with Crippen molar-refractivity contribution in [1.29, 1.82) is 0 Å². The predicted molar refractivity (Wildman–Crippen MR) is 71.8 cm³/mol. The number of cyclic esters (lactones) is 1. The van der Waals surface area contributed by atoms with Crippen molar-refractivity contribution in [3.05, 3.63) is 24.3 Å². The van der Waals surface area contributed by atoms with Gasteiger partial charge in [-0.15, -0.1) is 0 Å². The van der Waals surface area contributed by atoms with Crippen LogP contribution in [-0.2, 0) is 14.3 Å². The molecule has 1 spiro atoms. The van der Waals surface area contributed by atoms with E-state index in [-0.39, 0.29) is 12.5 Å². The summed E-state index contributed by atoms with van der Waals surface area (Å²) in [6.45, 7) is 7.14. The van der Waals surface area contributed by atoms with Crippen LogP contribution < -0.4 is 0 Å². The summed E-state index contributed by atoms with van der Waals surface area (Å²) in [5.41, 5.74) is -0.921. The minimum absolute atomic E-state index is 0.125. The van der Waals surface area contributed by atoms with E-state index < -0.39 is 41.4 Å². The third-order valence-corrected chi connectivity index (χ3v) is 5.11. The Morgan fingerprint density at radius 2 is 2.10 bits per heavy atom. The zero-order chi connectivity index (χ0) is 15.6. The maximum absolute atomic E-state index is 11.9. The molecule has 0 radical (unpaired) electrons. The average molecular weight is 296 g/mol. The lowest BCUT2D eigenvalue weighted by atomic mass is 9.58. The van der Waals surface area contributed by atoms with Gasteiger partial charge in [-0.05, 0) is 18.4 Å². The molecule has 2 fully saturated rings. The molecule has 0 aromatic carbocycles. The molecule has 1 aliphatic carbocycles. The quantitative estimate of drug-likeness (QED) is 0.533. The number of aliphatic hydroxyl groups is 3. The van der Waals surface area contributed by atoms with Gasteiger partial charge in [-0.2, -0.15) is 0 Å². The SMILES string of the molecule is C=C1C=C[C@]2([C@H]3[C@H](C)COC(=O)[C@H]3O[C@]2(C)O)[C@H](O)[C@H]1O. The van der Waals surface area contributed by atoms with Crippen LogP contribution in [0.25, 0.3) is 0 Å². The molecule has 0 aromatic rings. The fraction of sp³-hybridized carbons (Fsp3) is 0.667. The second-order valence-corrected chi connectivity index (χ2v) is 6.39. The Morgan fingerprint density at radius 1 is 1.43 bits per heavy atom. The Kier molecular flexibility index (Phi) is 3.08. The molecule has 0 unspecified atom stereocenters. The molecule has 6 heteroatoms. The summed E-state index contributed by atoms with van der Waals surface area (Å²) in [6.07, 6.45) is -0.291. The molecule has 0 amide bonds. The Hall–Kier alpha value is -1.21. The van der Waals surface area contributed by atoms with Gasteiger partial charge in [-0.1, -0.05) is 25.7 Å². The van der Waals surface area contributed by atoms with Gasteiger partial charge >= 0.3 is 5.97 Å². The van der Waals surface area contributed by atoms with E-state index in [1.54, 1.807) is 12.2 Å². The van der Waals surface area contributed by atoms with Gasteiger partial charge in [0.15, 0.2) is 11.9 Å². The van der Waals surface area contributed by atoms with Crippen LogP contribution in [0.15, 0.2) is 24.3 Å². The third-order valence-electron chi connectivity index (χ3n) is 5.11. The molecular weight excluding hydrogens is 276 g/mol. The minimum atomic E-state index is -1.79. The van der Waals surface area contributed by atoms with Crippen LogP contribution in [0.2, 0.25) is 0 Å². The summed E-state index contributed by atoms with van der Waals surface area (Å²) < 4.78 is 10.6. The molecule has 3 aliphatic rings. The number of carbonyl (C=O) groups excluding carboxylic acids is 1. The van der Waals surface area contributed by atoms with Gasteiger partial charge in [0.25, 0.3) is 0 Å². The van der Waals surface area contributed by atoms with Gasteiger partial charge in [0, 0.05) is 5.92 Å². The summed E-state index contributed by atoms with van der Waals surface area (Å²) in [6, 6.07) is 0. The molecule has 3 N–H and O–H groups in total. The largest absolute Gasteiger partial charge is 0.463 e. The molecule has 0 bridgehead atoms. The molecule has 21 heavy (non-hydrogen) atoms. The maximum atomic E-state index is 11.9. The maximum Gasteiger partial charge on any atom is 0.335 e. The highest BCUT2D eigenvalue weighted by Gasteiger charge is 2.70. The Bertz CT molecular complexity index is 524. The Morgan fingerprint density at radius 3 is 2.76 bits per heavy atom. The standard InChI is InChI=1S/C15H20O6/c1-7-4-5-15(12(17)10(7)16)9-8(2)6-20-13(18)11(9)21-14(15,3)19/h4-5,8-12,16-17,19H,1,6H2,2-3H3/t8-,9+,10+,11+,12-,14+,15+/m1/s1. The van der Waals surface area contributed by atoms with E-state index in [4.69, 9.17) is 9.47 Å². The van der Waals surface area contributed by atoms with E-state index in [2.05, 4.69) is 6.58 Å². The molecule has 2 saturated heterocycles. The lowest BCUT2D eigenvalue weighted by Crippen LogP contribution is -2.60. The molecule has 7 atom stereocenters. The van der Waals surface area contributed by atoms with Gasteiger partial charge < -0.3 is 24.8 Å². The molecule has 0 saturated carbocycles. The van der Waals surface area contributed by atoms with Crippen molar-refractivity contribution >= 4 is 5.97 Å². The molecule has 2 heterocycles. The average Bonchev–Trinajstić information content (AvgIpc) is 2.66. The van der Waals surface area contributed by atoms with Crippen LogP contribution in [0.4, 0.5) is 0 Å². The van der Waals surface area contributed by atoms with E-state index in [1.807, 2.05) is 6.92 Å². The van der Waals surface area contributed by atoms with Crippen molar-refractivity contribution < 1.29 is 29.6 Å². The highest BCUT2D eigenvalue weighted by Crippen LogP contribution is 2.59. The van der Waals surface area contributed by atoms with Crippen molar-refractivity contribution in [1.82, 2.24) is 0 Å². The molecule has 0 aromatic heterocycles. The van der Waals surface area contributed by atoms with Crippen molar-refractivity contribution in [2.24, 2.45) is 17.3 Å². The highest BCUT2D eigenvalue weighted by atomic mass is 16.7. The number of hydrogen-bond donors (Lipinski definition) is 3. The third kappa shape index (κ3) is 1.70. The smallest absolute Gasteiger partial charge is 0.335 e. The van der Waals surface area contributed by atoms with E-state index >= 15 is 0 Å². The van der Waals surface area contributed by atoms with Gasteiger partial charge in [0.05, 0.1) is 18.1 Å². The predicted octanol–water partition coefficient (Wildman–Crippen LogP) is -0.263. The first-order valence-corrected chi connectivity index (χ1v) is 7.03. The lowest BCUT2D eigenvalue weighted by Gasteiger charge is -2.48. The first-order chi connectivity index (χ1) is 9.72. The van der Waals surface area contributed by atoms with Crippen LogP contribution in [0.5, 0.6) is 0 Å². The van der Waals surface area contributed by atoms with Crippen LogP contribution in [0.1, 0.15) is 13.8 Å². The monoisotopic (exact) mass is 296 g/mol. The van der Waals surface area contributed by atoms with Crippen molar-refractivity contribution in [2.75, 3.05) is 6.61 Å². The van der Waals surface area contributed by atoms with E-state index in [0.29, 0.717) is 5.57 Å². The summed E-state index contributed by atoms with van der Waals surface area (Å²) >= 11 is 0. The first kappa shape index (κ1) is 14.7. The number of fused-ring (bicyclic) bond motifs is 2. The second kappa shape index (κ2) is 4.39. The minimum Gasteiger partial charge on any atom is -0.463 e. The van der Waals surface area contributed by atoms with Crippen LogP contribution >= 0.6 is 0 Å². The van der Waals surface area contributed by atoms with E-state index in [9.17, 15) is 20.1 Å². The lowest BCUT2D eigenvalue weighted by molar-refractivity contribution is -0.244. The van der Waals surface area contributed by atoms with Crippen LogP contribution in [0, 0.1) is 17.3 Å². The normalized spacial score (nSPS) is 52.9. The fourth-order valence-corrected chi connectivity index (χ4v) is 3.99. The second-order valence-electron chi connectivity index (χ2n) is 6.39. The fourth-order valence-electron chi connectivity index (χ4n) is 3.99. The molecule has 6 nitrogen and oxygen atoms in total. The van der Waals surface area contributed by atoms with Gasteiger partial charge in [-0.3, -0.25) is 0 Å². The highest BCUT2D eigenvalue weighted by molar-refractivity contribution is 5.77. The van der Waals surface area contributed by atoms with Gasteiger partial charge in [0.2, 0.25) is 0 Å². The summed E-state index contributed by atoms with van der Waals surface area (Å²) in [4.78, 5) is 11.9. The Balaban J connectivity index is 2.16. The summed E-state index contributed by atoms with van der Waals surface area (Å²) in [7, 11) is 0. The van der Waals surface area contributed by atoms with Crippen LogP contribution in [-0.4, -0.2) is 52.0 Å². The van der Waals surface area contributed by atoms with Gasteiger partial charge in [-0.25, -0.2) is 4.79 Å². The van der Waals surface area contributed by atoms with Crippen molar-refractivity contribution in [2.45, 2.75) is 37.9 Å². The summed E-state index contributed by atoms with van der Waals surface area (Å²) in [5, 5.41) is 31.5. The zero-order valence-corrected chi connectivity index (χ0v) is 12.0. The molecular formula is C15H20O6. The van der Waals surface area contributed by atoms with Gasteiger partial charge in [0.1, 0.15) is 6.10 Å². The molecule has 116 valence electrons. The number of ether oxygens (including phenoxy) is 2. The van der Waals surface area contributed by atoms with Crippen LogP contribution in [0.3, 0.4) is 0 Å². The topological polar surface area (TPSA) is 96.2 Å². The summed E-state index contributed by atoms with van der Waals surface area (Å²) in [5.74, 6) is -2.95. The zero-order valence-electron chi connectivity index (χ0n) is 12.0. The molecule has 2 aliphatic heterocycles.